The fourth-order valence-electron chi connectivity index (χ4n) is 1.38. The summed E-state index contributed by atoms with van der Waals surface area (Å²) in [5.41, 5.74) is 1.96. The number of hydrogen-bond acceptors (Lipinski definition) is 2. The van der Waals surface area contributed by atoms with Crippen LogP contribution < -0.4 is 0 Å². The first-order valence-corrected chi connectivity index (χ1v) is 5.95. The van der Waals surface area contributed by atoms with E-state index in [0.29, 0.717) is 5.75 Å². The van der Waals surface area contributed by atoms with E-state index in [1.807, 2.05) is 60.7 Å². The first kappa shape index (κ1) is 12.4. The van der Waals surface area contributed by atoms with Crippen molar-refractivity contribution >= 4 is 12.2 Å². The van der Waals surface area contributed by atoms with E-state index in [1.54, 1.807) is 6.07 Å². The Morgan fingerprint density at radius 3 is 2.06 bits per heavy atom. The summed E-state index contributed by atoms with van der Waals surface area (Å²) in [7, 11) is 0. The van der Waals surface area contributed by atoms with Crippen LogP contribution in [0.4, 0.5) is 0 Å². The third kappa shape index (κ3) is 4.44. The Labute approximate surface area is 107 Å². The number of phenols is 1. The maximum absolute atomic E-state index is 9.54. The molecule has 0 saturated carbocycles. The third-order valence-corrected chi connectivity index (χ3v) is 2.40. The van der Waals surface area contributed by atoms with E-state index in [1.165, 1.54) is 0 Å². The molecule has 0 bridgehead atoms. The van der Waals surface area contributed by atoms with Gasteiger partial charge in [0.15, 0.2) is 0 Å². The molecule has 3 rings (SSSR count). The van der Waals surface area contributed by atoms with Crippen molar-refractivity contribution in [2.45, 2.75) is 0 Å². The highest BCUT2D eigenvalue weighted by atomic mass is 16.6. The zero-order valence-corrected chi connectivity index (χ0v) is 10.1. The van der Waals surface area contributed by atoms with Crippen LogP contribution in [-0.4, -0.2) is 18.3 Å². The number of ether oxygens (including phenoxy) is 1. The SMILES string of the molecule is C1CO1.Oc1ccccc1C=Cc1ccccc1. The highest BCUT2D eigenvalue weighted by Gasteiger charge is 1.94. The van der Waals surface area contributed by atoms with Gasteiger partial charge in [-0.25, -0.2) is 0 Å². The van der Waals surface area contributed by atoms with E-state index in [4.69, 9.17) is 0 Å². The van der Waals surface area contributed by atoms with Gasteiger partial charge in [0.05, 0.1) is 13.2 Å². The Kier molecular flexibility index (Phi) is 4.56. The molecule has 2 heteroatoms. The van der Waals surface area contributed by atoms with Crippen molar-refractivity contribution < 1.29 is 9.84 Å². The Morgan fingerprint density at radius 2 is 1.44 bits per heavy atom. The van der Waals surface area contributed by atoms with E-state index >= 15 is 0 Å². The van der Waals surface area contributed by atoms with Crippen molar-refractivity contribution in [3.8, 4) is 5.75 Å². The van der Waals surface area contributed by atoms with Crippen LogP contribution in [-0.2, 0) is 4.74 Å². The molecule has 0 radical (unpaired) electrons. The Bertz CT molecular complexity index is 499. The molecule has 1 aliphatic rings. The largest absolute Gasteiger partial charge is 0.507 e. The summed E-state index contributed by atoms with van der Waals surface area (Å²) < 4.78 is 4.50. The van der Waals surface area contributed by atoms with Crippen LogP contribution in [0.2, 0.25) is 0 Å². The monoisotopic (exact) mass is 240 g/mol. The van der Waals surface area contributed by atoms with Crippen LogP contribution in [0.15, 0.2) is 54.6 Å². The summed E-state index contributed by atoms with van der Waals surface area (Å²) in [4.78, 5) is 0. The van der Waals surface area contributed by atoms with Gasteiger partial charge in [0.2, 0.25) is 0 Å². The van der Waals surface area contributed by atoms with Crippen molar-refractivity contribution in [2.75, 3.05) is 13.2 Å². The van der Waals surface area contributed by atoms with Gasteiger partial charge in [0, 0.05) is 5.56 Å². The molecule has 1 heterocycles. The molecular weight excluding hydrogens is 224 g/mol. The van der Waals surface area contributed by atoms with Crippen LogP contribution in [0.1, 0.15) is 11.1 Å². The molecule has 1 fully saturated rings. The Balaban J connectivity index is 0.000000350. The second kappa shape index (κ2) is 6.62. The average Bonchev–Trinajstić information content (AvgIpc) is 3.27. The summed E-state index contributed by atoms with van der Waals surface area (Å²) >= 11 is 0. The predicted molar refractivity (Wildman–Crippen MR) is 74.3 cm³/mol. The molecule has 1 N–H and O–H groups in total. The number of para-hydroxylation sites is 1. The number of epoxide rings is 1. The van der Waals surface area contributed by atoms with Crippen molar-refractivity contribution in [3.63, 3.8) is 0 Å². The van der Waals surface area contributed by atoms with Crippen LogP contribution >= 0.6 is 0 Å². The summed E-state index contributed by atoms with van der Waals surface area (Å²) in [5.74, 6) is 0.310. The molecule has 2 aromatic carbocycles. The maximum atomic E-state index is 9.54. The quantitative estimate of drug-likeness (QED) is 0.643. The molecule has 2 nitrogen and oxygen atoms in total. The Hall–Kier alpha value is -2.06. The number of aromatic hydroxyl groups is 1. The van der Waals surface area contributed by atoms with E-state index in [9.17, 15) is 5.11 Å². The minimum atomic E-state index is 0.310. The summed E-state index contributed by atoms with van der Waals surface area (Å²) in [6, 6.07) is 17.3. The molecule has 1 aliphatic heterocycles. The second-order valence-corrected chi connectivity index (χ2v) is 3.92. The number of hydrogen-bond donors (Lipinski definition) is 1. The third-order valence-electron chi connectivity index (χ3n) is 2.40. The van der Waals surface area contributed by atoms with Gasteiger partial charge in [-0.3, -0.25) is 0 Å². The van der Waals surface area contributed by atoms with E-state index in [2.05, 4.69) is 4.74 Å². The van der Waals surface area contributed by atoms with Gasteiger partial charge in [0.25, 0.3) is 0 Å². The van der Waals surface area contributed by atoms with Crippen molar-refractivity contribution in [3.05, 3.63) is 65.7 Å². The molecule has 18 heavy (non-hydrogen) atoms. The average molecular weight is 240 g/mol. The first-order valence-electron chi connectivity index (χ1n) is 5.95. The lowest BCUT2D eigenvalue weighted by Gasteiger charge is -1.97. The molecule has 1 saturated heterocycles. The van der Waals surface area contributed by atoms with Gasteiger partial charge >= 0.3 is 0 Å². The van der Waals surface area contributed by atoms with Crippen LogP contribution in [0.5, 0.6) is 5.75 Å². The van der Waals surface area contributed by atoms with Crippen molar-refractivity contribution in [2.24, 2.45) is 0 Å². The van der Waals surface area contributed by atoms with Gasteiger partial charge in [-0.2, -0.15) is 0 Å². The minimum absolute atomic E-state index is 0.310. The molecule has 0 spiro atoms. The molecule has 0 unspecified atom stereocenters. The lowest BCUT2D eigenvalue weighted by atomic mass is 10.1. The zero-order valence-electron chi connectivity index (χ0n) is 10.1. The van der Waals surface area contributed by atoms with Gasteiger partial charge < -0.3 is 9.84 Å². The first-order chi connectivity index (χ1) is 8.86. The smallest absolute Gasteiger partial charge is 0.122 e. The fourth-order valence-corrected chi connectivity index (χ4v) is 1.38. The second-order valence-electron chi connectivity index (χ2n) is 3.92. The van der Waals surface area contributed by atoms with E-state index < -0.39 is 0 Å². The summed E-state index contributed by atoms with van der Waals surface area (Å²) in [6.45, 7) is 2.00. The maximum Gasteiger partial charge on any atom is 0.122 e. The predicted octanol–water partition coefficient (Wildman–Crippen LogP) is 3.58. The molecule has 0 aliphatic carbocycles. The number of benzene rings is 2. The molecule has 92 valence electrons. The molecule has 0 atom stereocenters. The summed E-state index contributed by atoms with van der Waals surface area (Å²) in [6.07, 6.45) is 3.89. The normalized spacial score (nSPS) is 12.9. The molecule has 2 aromatic rings. The number of rotatable bonds is 2. The molecule has 0 amide bonds. The van der Waals surface area contributed by atoms with Gasteiger partial charge in [-0.05, 0) is 11.6 Å². The number of phenolic OH excluding ortho intramolecular Hbond substituents is 1. The van der Waals surface area contributed by atoms with E-state index in [0.717, 1.165) is 24.3 Å². The van der Waals surface area contributed by atoms with Crippen LogP contribution in [0.3, 0.4) is 0 Å². The molecule has 0 aromatic heterocycles. The van der Waals surface area contributed by atoms with Crippen molar-refractivity contribution in [1.82, 2.24) is 0 Å². The van der Waals surface area contributed by atoms with E-state index in [-0.39, 0.29) is 0 Å². The topological polar surface area (TPSA) is 32.8 Å². The Morgan fingerprint density at radius 1 is 0.833 bits per heavy atom. The standard InChI is InChI=1S/C14H12O.C2H4O/c15-14-9-5-4-8-13(14)11-10-12-6-2-1-3-7-12;1-2-3-1/h1-11,15H;1-2H2. The van der Waals surface area contributed by atoms with Crippen molar-refractivity contribution in [1.29, 1.82) is 0 Å². The van der Waals surface area contributed by atoms with Gasteiger partial charge in [-0.1, -0.05) is 60.7 Å². The molecular formula is C16H16O2. The fraction of sp³-hybridized carbons (Fsp3) is 0.125. The lowest BCUT2D eigenvalue weighted by molar-refractivity contribution is 0.474. The highest BCUT2D eigenvalue weighted by Crippen LogP contribution is 2.18. The highest BCUT2D eigenvalue weighted by molar-refractivity contribution is 5.72. The van der Waals surface area contributed by atoms with Crippen LogP contribution in [0, 0.1) is 0 Å². The van der Waals surface area contributed by atoms with Gasteiger partial charge in [0.1, 0.15) is 5.75 Å². The minimum Gasteiger partial charge on any atom is -0.507 e. The lowest BCUT2D eigenvalue weighted by Crippen LogP contribution is -1.73. The van der Waals surface area contributed by atoms with Gasteiger partial charge in [-0.15, -0.1) is 0 Å². The van der Waals surface area contributed by atoms with Crippen LogP contribution in [0.25, 0.3) is 12.2 Å². The zero-order chi connectivity index (χ0) is 12.6. The summed E-state index contributed by atoms with van der Waals surface area (Å²) in [5, 5.41) is 9.54.